The van der Waals surface area contributed by atoms with Crippen molar-refractivity contribution < 1.29 is 9.32 Å². The number of fused-ring (bicyclic) bond motifs is 1. The number of amides is 1. The Bertz CT molecular complexity index is 619. The standard InChI is InChI=1S/C14H15N3O2/c15-6-5-11-8-13(19-17-11)10-1-3-12-9(7-10)2-4-14(18)16-12/h1,3,7-8H,2,4-6,15H2,(H,16,18). The quantitative estimate of drug-likeness (QED) is 0.877. The molecule has 3 rings (SSSR count). The van der Waals surface area contributed by atoms with Gasteiger partial charge in [0, 0.05) is 30.2 Å². The van der Waals surface area contributed by atoms with E-state index in [1.807, 2.05) is 24.3 Å². The van der Waals surface area contributed by atoms with Gasteiger partial charge in [0.25, 0.3) is 0 Å². The molecule has 5 heteroatoms. The van der Waals surface area contributed by atoms with E-state index >= 15 is 0 Å². The summed E-state index contributed by atoms with van der Waals surface area (Å²) in [5.41, 5.74) is 9.36. The van der Waals surface area contributed by atoms with Crippen molar-refractivity contribution in [1.29, 1.82) is 0 Å². The summed E-state index contributed by atoms with van der Waals surface area (Å²) in [4.78, 5) is 11.3. The molecular formula is C14H15N3O2. The van der Waals surface area contributed by atoms with Crippen molar-refractivity contribution in [3.63, 3.8) is 0 Å². The maximum Gasteiger partial charge on any atom is 0.224 e. The SMILES string of the molecule is NCCc1cc(-c2ccc3c(c2)CCC(=O)N3)on1. The number of nitrogens with zero attached hydrogens (tertiary/aromatic N) is 1. The van der Waals surface area contributed by atoms with Crippen molar-refractivity contribution in [2.45, 2.75) is 19.3 Å². The molecule has 1 aromatic heterocycles. The van der Waals surface area contributed by atoms with E-state index in [0.717, 1.165) is 34.7 Å². The molecular weight excluding hydrogens is 242 g/mol. The summed E-state index contributed by atoms with van der Waals surface area (Å²) in [7, 11) is 0. The Morgan fingerprint density at radius 2 is 2.21 bits per heavy atom. The van der Waals surface area contributed by atoms with Crippen LogP contribution >= 0.6 is 0 Å². The number of hydrogen-bond acceptors (Lipinski definition) is 4. The normalized spacial score (nSPS) is 14.1. The van der Waals surface area contributed by atoms with Crippen LogP contribution in [-0.4, -0.2) is 17.6 Å². The maximum absolute atomic E-state index is 11.3. The van der Waals surface area contributed by atoms with E-state index in [1.165, 1.54) is 0 Å². The van der Waals surface area contributed by atoms with Gasteiger partial charge < -0.3 is 15.6 Å². The second kappa shape index (κ2) is 4.85. The minimum Gasteiger partial charge on any atom is -0.356 e. The highest BCUT2D eigenvalue weighted by molar-refractivity contribution is 5.94. The van der Waals surface area contributed by atoms with Crippen LogP contribution in [0.3, 0.4) is 0 Å². The fraction of sp³-hybridized carbons (Fsp3) is 0.286. The Morgan fingerprint density at radius 3 is 3.05 bits per heavy atom. The van der Waals surface area contributed by atoms with Crippen LogP contribution < -0.4 is 11.1 Å². The van der Waals surface area contributed by atoms with Crippen molar-refractivity contribution in [2.75, 3.05) is 11.9 Å². The Hall–Kier alpha value is -2.14. The molecule has 0 radical (unpaired) electrons. The highest BCUT2D eigenvalue weighted by atomic mass is 16.5. The van der Waals surface area contributed by atoms with Gasteiger partial charge in [0.15, 0.2) is 5.76 Å². The molecule has 0 spiro atoms. The van der Waals surface area contributed by atoms with E-state index in [4.69, 9.17) is 10.3 Å². The average molecular weight is 257 g/mol. The summed E-state index contributed by atoms with van der Waals surface area (Å²) in [5, 5.41) is 6.84. The number of anilines is 1. The van der Waals surface area contributed by atoms with Crippen LogP contribution in [0.5, 0.6) is 0 Å². The summed E-state index contributed by atoms with van der Waals surface area (Å²) in [6.45, 7) is 0.558. The molecule has 0 bridgehead atoms. The summed E-state index contributed by atoms with van der Waals surface area (Å²) in [6.07, 6.45) is 2.01. The first-order valence-corrected chi connectivity index (χ1v) is 6.35. The zero-order valence-corrected chi connectivity index (χ0v) is 10.5. The Kier molecular flexibility index (Phi) is 3.05. The van der Waals surface area contributed by atoms with Crippen LogP contribution in [0.25, 0.3) is 11.3 Å². The molecule has 0 fully saturated rings. The molecule has 0 saturated heterocycles. The molecule has 0 atom stereocenters. The molecule has 1 aliphatic heterocycles. The summed E-state index contributed by atoms with van der Waals surface area (Å²) >= 11 is 0. The van der Waals surface area contributed by atoms with E-state index < -0.39 is 0 Å². The molecule has 3 N–H and O–H groups in total. The fourth-order valence-corrected chi connectivity index (χ4v) is 2.25. The van der Waals surface area contributed by atoms with Crippen molar-refractivity contribution in [3.05, 3.63) is 35.5 Å². The molecule has 1 amide bonds. The average Bonchev–Trinajstić information content (AvgIpc) is 2.87. The highest BCUT2D eigenvalue weighted by Gasteiger charge is 2.16. The first-order chi connectivity index (χ1) is 9.26. The number of aromatic nitrogens is 1. The molecule has 0 unspecified atom stereocenters. The number of carbonyl (C=O) groups is 1. The van der Waals surface area contributed by atoms with Gasteiger partial charge in [-0.05, 0) is 36.7 Å². The number of carbonyl (C=O) groups excluding carboxylic acids is 1. The number of aryl methyl sites for hydroxylation is 1. The molecule has 5 nitrogen and oxygen atoms in total. The van der Waals surface area contributed by atoms with E-state index in [-0.39, 0.29) is 5.91 Å². The minimum absolute atomic E-state index is 0.0742. The lowest BCUT2D eigenvalue weighted by Gasteiger charge is -2.16. The van der Waals surface area contributed by atoms with E-state index in [2.05, 4.69) is 10.5 Å². The number of benzene rings is 1. The van der Waals surface area contributed by atoms with Gasteiger partial charge in [0.1, 0.15) is 0 Å². The van der Waals surface area contributed by atoms with E-state index in [1.54, 1.807) is 0 Å². The summed E-state index contributed by atoms with van der Waals surface area (Å²) in [6, 6.07) is 7.79. The third kappa shape index (κ3) is 2.37. The molecule has 2 aromatic rings. The van der Waals surface area contributed by atoms with Gasteiger partial charge in [0.2, 0.25) is 5.91 Å². The lowest BCUT2D eigenvalue weighted by molar-refractivity contribution is -0.116. The van der Waals surface area contributed by atoms with Gasteiger partial charge in [-0.3, -0.25) is 4.79 Å². The van der Waals surface area contributed by atoms with Crippen LogP contribution in [0.15, 0.2) is 28.8 Å². The Balaban J connectivity index is 1.90. The van der Waals surface area contributed by atoms with Gasteiger partial charge in [-0.2, -0.15) is 0 Å². The second-order valence-corrected chi connectivity index (χ2v) is 4.64. The predicted octanol–water partition coefficient (Wildman–Crippen LogP) is 1.73. The maximum atomic E-state index is 11.3. The fourth-order valence-electron chi connectivity index (χ4n) is 2.25. The topological polar surface area (TPSA) is 81.2 Å². The van der Waals surface area contributed by atoms with Crippen molar-refractivity contribution in [2.24, 2.45) is 5.73 Å². The number of rotatable bonds is 3. The predicted molar refractivity (Wildman–Crippen MR) is 71.6 cm³/mol. The molecule has 98 valence electrons. The first-order valence-electron chi connectivity index (χ1n) is 6.35. The summed E-state index contributed by atoms with van der Waals surface area (Å²) in [5.74, 6) is 0.813. The molecule has 19 heavy (non-hydrogen) atoms. The largest absolute Gasteiger partial charge is 0.356 e. The molecule has 0 saturated carbocycles. The van der Waals surface area contributed by atoms with Crippen LogP contribution in [-0.2, 0) is 17.6 Å². The lowest BCUT2D eigenvalue weighted by Crippen LogP contribution is -2.18. The Labute approximate surface area is 110 Å². The molecule has 2 heterocycles. The van der Waals surface area contributed by atoms with Crippen molar-refractivity contribution in [1.82, 2.24) is 5.16 Å². The monoisotopic (exact) mass is 257 g/mol. The van der Waals surface area contributed by atoms with Crippen LogP contribution in [0, 0.1) is 0 Å². The van der Waals surface area contributed by atoms with E-state index in [0.29, 0.717) is 19.4 Å². The van der Waals surface area contributed by atoms with Crippen LogP contribution in [0.1, 0.15) is 17.7 Å². The van der Waals surface area contributed by atoms with Gasteiger partial charge >= 0.3 is 0 Å². The minimum atomic E-state index is 0.0742. The van der Waals surface area contributed by atoms with Gasteiger partial charge in [-0.25, -0.2) is 0 Å². The van der Waals surface area contributed by atoms with Crippen LogP contribution in [0.4, 0.5) is 5.69 Å². The summed E-state index contributed by atoms with van der Waals surface area (Å²) < 4.78 is 5.32. The van der Waals surface area contributed by atoms with Gasteiger partial charge in [0.05, 0.1) is 5.69 Å². The molecule has 0 aliphatic carbocycles. The second-order valence-electron chi connectivity index (χ2n) is 4.64. The third-order valence-corrected chi connectivity index (χ3v) is 3.24. The van der Waals surface area contributed by atoms with Crippen LogP contribution in [0.2, 0.25) is 0 Å². The zero-order chi connectivity index (χ0) is 13.2. The van der Waals surface area contributed by atoms with Crippen molar-refractivity contribution >= 4 is 11.6 Å². The van der Waals surface area contributed by atoms with Crippen molar-refractivity contribution in [3.8, 4) is 11.3 Å². The van der Waals surface area contributed by atoms with Gasteiger partial charge in [-0.1, -0.05) is 5.16 Å². The lowest BCUT2D eigenvalue weighted by atomic mass is 9.99. The highest BCUT2D eigenvalue weighted by Crippen LogP contribution is 2.29. The number of nitrogens with one attached hydrogen (secondary N) is 1. The first kappa shape index (κ1) is 11.9. The molecule has 1 aromatic carbocycles. The zero-order valence-electron chi connectivity index (χ0n) is 10.5. The molecule has 1 aliphatic rings. The van der Waals surface area contributed by atoms with Gasteiger partial charge in [-0.15, -0.1) is 0 Å². The van der Waals surface area contributed by atoms with E-state index in [9.17, 15) is 4.79 Å². The Morgan fingerprint density at radius 1 is 1.32 bits per heavy atom. The number of hydrogen-bond donors (Lipinski definition) is 2. The smallest absolute Gasteiger partial charge is 0.224 e. The number of nitrogens with two attached hydrogens (primary N) is 1. The third-order valence-electron chi connectivity index (χ3n) is 3.24.